The van der Waals surface area contributed by atoms with Gasteiger partial charge >= 0.3 is 5.97 Å². The number of halogens is 2. The summed E-state index contributed by atoms with van der Waals surface area (Å²) in [5.74, 6) is -3.17. The SMILES string of the molecule is COC(=O)c1ccc(NC(=O)c2ccc(F)c(F)c2)c(C)c1. The molecule has 0 unspecified atom stereocenters. The van der Waals surface area contributed by atoms with Gasteiger partial charge in [0.1, 0.15) is 0 Å². The van der Waals surface area contributed by atoms with E-state index in [1.54, 1.807) is 19.1 Å². The van der Waals surface area contributed by atoms with Crippen molar-refractivity contribution in [1.29, 1.82) is 0 Å². The summed E-state index contributed by atoms with van der Waals surface area (Å²) in [5.41, 5.74) is 1.45. The number of amides is 1. The maximum atomic E-state index is 13.1. The fraction of sp³-hybridized carbons (Fsp3) is 0.125. The summed E-state index contributed by atoms with van der Waals surface area (Å²) < 4.78 is 30.6. The minimum absolute atomic E-state index is 0.00431. The third-order valence-electron chi connectivity index (χ3n) is 3.08. The largest absolute Gasteiger partial charge is 0.465 e. The number of ether oxygens (including phenoxy) is 1. The lowest BCUT2D eigenvalue weighted by Crippen LogP contribution is -2.13. The molecule has 4 nitrogen and oxygen atoms in total. The minimum atomic E-state index is -1.09. The van der Waals surface area contributed by atoms with Gasteiger partial charge in [0.15, 0.2) is 11.6 Å². The van der Waals surface area contributed by atoms with Crippen molar-refractivity contribution in [3.05, 3.63) is 64.7 Å². The van der Waals surface area contributed by atoms with Gasteiger partial charge in [0, 0.05) is 11.3 Å². The predicted molar refractivity (Wildman–Crippen MR) is 76.8 cm³/mol. The Labute approximate surface area is 125 Å². The Morgan fingerprint density at radius 1 is 1.00 bits per heavy atom. The molecule has 0 spiro atoms. The van der Waals surface area contributed by atoms with Gasteiger partial charge in [-0.3, -0.25) is 4.79 Å². The molecule has 2 aromatic rings. The van der Waals surface area contributed by atoms with Gasteiger partial charge in [0.05, 0.1) is 12.7 Å². The summed E-state index contributed by atoms with van der Waals surface area (Å²) in [6.45, 7) is 1.70. The van der Waals surface area contributed by atoms with Crippen LogP contribution in [0.2, 0.25) is 0 Å². The lowest BCUT2D eigenvalue weighted by molar-refractivity contribution is 0.0600. The third kappa shape index (κ3) is 3.28. The van der Waals surface area contributed by atoms with Gasteiger partial charge in [0.25, 0.3) is 5.91 Å². The van der Waals surface area contributed by atoms with Crippen LogP contribution in [0.25, 0.3) is 0 Å². The molecular formula is C16H13F2NO3. The van der Waals surface area contributed by atoms with Gasteiger partial charge in [-0.15, -0.1) is 0 Å². The number of rotatable bonds is 3. The molecule has 0 heterocycles. The van der Waals surface area contributed by atoms with E-state index in [-0.39, 0.29) is 5.56 Å². The molecule has 2 aromatic carbocycles. The maximum Gasteiger partial charge on any atom is 0.337 e. The van der Waals surface area contributed by atoms with Crippen molar-refractivity contribution in [3.63, 3.8) is 0 Å². The topological polar surface area (TPSA) is 55.4 Å². The van der Waals surface area contributed by atoms with E-state index in [0.29, 0.717) is 16.8 Å². The zero-order chi connectivity index (χ0) is 16.3. The number of carbonyl (C=O) groups excluding carboxylic acids is 2. The lowest BCUT2D eigenvalue weighted by Gasteiger charge is -2.10. The van der Waals surface area contributed by atoms with E-state index in [1.807, 2.05) is 0 Å². The van der Waals surface area contributed by atoms with E-state index >= 15 is 0 Å². The number of carbonyl (C=O) groups is 2. The fourth-order valence-electron chi connectivity index (χ4n) is 1.88. The van der Waals surface area contributed by atoms with Crippen molar-refractivity contribution in [2.24, 2.45) is 0 Å². The molecule has 0 aromatic heterocycles. The third-order valence-corrected chi connectivity index (χ3v) is 3.08. The summed E-state index contributed by atoms with van der Waals surface area (Å²) >= 11 is 0. The zero-order valence-corrected chi connectivity index (χ0v) is 11.9. The van der Waals surface area contributed by atoms with Gasteiger partial charge in [-0.05, 0) is 48.9 Å². The first-order chi connectivity index (χ1) is 10.4. The van der Waals surface area contributed by atoms with Gasteiger partial charge < -0.3 is 10.1 Å². The summed E-state index contributed by atoms with van der Waals surface area (Å²) in [6, 6.07) is 7.50. The Morgan fingerprint density at radius 2 is 1.68 bits per heavy atom. The van der Waals surface area contributed by atoms with Crippen molar-refractivity contribution >= 4 is 17.6 Å². The number of aryl methyl sites for hydroxylation is 1. The molecule has 1 amide bonds. The molecule has 0 radical (unpaired) electrons. The van der Waals surface area contributed by atoms with E-state index in [9.17, 15) is 18.4 Å². The van der Waals surface area contributed by atoms with Crippen LogP contribution in [0.15, 0.2) is 36.4 Å². The van der Waals surface area contributed by atoms with Crippen molar-refractivity contribution < 1.29 is 23.1 Å². The molecule has 2 rings (SSSR count). The van der Waals surface area contributed by atoms with Gasteiger partial charge in [-0.25, -0.2) is 13.6 Å². The Hall–Kier alpha value is -2.76. The van der Waals surface area contributed by atoms with E-state index in [4.69, 9.17) is 0 Å². The summed E-state index contributed by atoms with van der Waals surface area (Å²) in [7, 11) is 1.27. The van der Waals surface area contributed by atoms with E-state index in [0.717, 1.165) is 12.1 Å². The highest BCUT2D eigenvalue weighted by atomic mass is 19.2. The van der Waals surface area contributed by atoms with Crippen LogP contribution in [0.3, 0.4) is 0 Å². The minimum Gasteiger partial charge on any atom is -0.465 e. The number of hydrogen-bond acceptors (Lipinski definition) is 3. The fourth-order valence-corrected chi connectivity index (χ4v) is 1.88. The Kier molecular flexibility index (Phi) is 4.50. The van der Waals surface area contributed by atoms with Crippen LogP contribution in [0.1, 0.15) is 26.3 Å². The molecule has 0 aliphatic carbocycles. The molecule has 22 heavy (non-hydrogen) atoms. The number of hydrogen-bond donors (Lipinski definition) is 1. The number of anilines is 1. The Balaban J connectivity index is 2.21. The molecule has 0 saturated carbocycles. The van der Waals surface area contributed by atoms with Crippen LogP contribution < -0.4 is 5.32 Å². The van der Waals surface area contributed by atoms with Crippen molar-refractivity contribution in [3.8, 4) is 0 Å². The first kappa shape index (κ1) is 15.6. The number of methoxy groups -OCH3 is 1. The van der Waals surface area contributed by atoms with Gasteiger partial charge in [-0.1, -0.05) is 0 Å². The van der Waals surface area contributed by atoms with Crippen LogP contribution in [0, 0.1) is 18.6 Å². The highest BCUT2D eigenvalue weighted by Gasteiger charge is 2.12. The van der Waals surface area contributed by atoms with Crippen LogP contribution in [-0.2, 0) is 4.74 Å². The van der Waals surface area contributed by atoms with E-state index < -0.39 is 23.5 Å². The van der Waals surface area contributed by atoms with Crippen LogP contribution in [-0.4, -0.2) is 19.0 Å². The normalized spacial score (nSPS) is 10.2. The molecule has 0 bridgehead atoms. The molecule has 0 aliphatic rings. The average Bonchev–Trinajstić information content (AvgIpc) is 2.51. The highest BCUT2D eigenvalue weighted by molar-refractivity contribution is 6.05. The predicted octanol–water partition coefficient (Wildman–Crippen LogP) is 3.31. The Bertz CT molecular complexity index is 744. The first-order valence-electron chi connectivity index (χ1n) is 6.37. The molecule has 0 atom stereocenters. The second-order valence-electron chi connectivity index (χ2n) is 4.60. The maximum absolute atomic E-state index is 13.1. The molecule has 0 aliphatic heterocycles. The molecule has 114 valence electrons. The number of benzene rings is 2. The molecule has 6 heteroatoms. The van der Waals surface area contributed by atoms with Gasteiger partial charge in [0.2, 0.25) is 0 Å². The van der Waals surface area contributed by atoms with Crippen LogP contribution >= 0.6 is 0 Å². The Morgan fingerprint density at radius 3 is 2.27 bits per heavy atom. The lowest BCUT2D eigenvalue weighted by atomic mass is 10.1. The number of esters is 1. The molecule has 1 N–H and O–H groups in total. The van der Waals surface area contributed by atoms with E-state index in [1.165, 1.54) is 19.2 Å². The van der Waals surface area contributed by atoms with E-state index in [2.05, 4.69) is 10.1 Å². The first-order valence-corrected chi connectivity index (χ1v) is 6.37. The zero-order valence-electron chi connectivity index (χ0n) is 11.9. The molecule has 0 fully saturated rings. The quantitative estimate of drug-likeness (QED) is 0.885. The van der Waals surface area contributed by atoms with Crippen molar-refractivity contribution in [2.45, 2.75) is 6.92 Å². The second-order valence-corrected chi connectivity index (χ2v) is 4.60. The number of nitrogens with one attached hydrogen (secondary N) is 1. The van der Waals surface area contributed by atoms with Crippen LogP contribution in [0.5, 0.6) is 0 Å². The molecule has 0 saturated heterocycles. The van der Waals surface area contributed by atoms with Gasteiger partial charge in [-0.2, -0.15) is 0 Å². The smallest absolute Gasteiger partial charge is 0.337 e. The van der Waals surface area contributed by atoms with Crippen molar-refractivity contribution in [2.75, 3.05) is 12.4 Å². The average molecular weight is 305 g/mol. The highest BCUT2D eigenvalue weighted by Crippen LogP contribution is 2.18. The molecular weight excluding hydrogens is 292 g/mol. The summed E-state index contributed by atoms with van der Waals surface area (Å²) in [6.07, 6.45) is 0. The second kappa shape index (κ2) is 6.34. The monoisotopic (exact) mass is 305 g/mol. The summed E-state index contributed by atoms with van der Waals surface area (Å²) in [5, 5.41) is 2.58. The summed E-state index contributed by atoms with van der Waals surface area (Å²) in [4.78, 5) is 23.4. The standard InChI is InChI=1S/C16H13F2NO3/c1-9-7-11(16(21)22-2)4-6-14(9)19-15(20)10-3-5-12(17)13(18)8-10/h3-8H,1-2H3,(H,19,20). The van der Waals surface area contributed by atoms with Crippen LogP contribution in [0.4, 0.5) is 14.5 Å². The van der Waals surface area contributed by atoms with Crippen molar-refractivity contribution in [1.82, 2.24) is 0 Å².